The fourth-order valence-electron chi connectivity index (χ4n) is 1.83. The summed E-state index contributed by atoms with van der Waals surface area (Å²) in [6.45, 7) is 3.75. The molecule has 0 radical (unpaired) electrons. The van der Waals surface area contributed by atoms with Crippen LogP contribution in [0.1, 0.15) is 11.1 Å². The Balaban J connectivity index is 2.38. The number of hydrogen-bond donors (Lipinski definition) is 2. The number of sulfonamides is 1. The first-order chi connectivity index (χ1) is 9.29. The molecule has 0 atom stereocenters. The largest absolute Gasteiger partial charge is 0.398 e. The van der Waals surface area contributed by atoms with Gasteiger partial charge in [0, 0.05) is 10.2 Å². The summed E-state index contributed by atoms with van der Waals surface area (Å²) in [6.07, 6.45) is 0. The molecule has 2 rings (SSSR count). The van der Waals surface area contributed by atoms with Crippen molar-refractivity contribution >= 4 is 37.3 Å². The minimum atomic E-state index is -3.68. The maximum atomic E-state index is 12.3. The van der Waals surface area contributed by atoms with Crippen LogP contribution in [0.15, 0.2) is 45.8 Å². The Bertz CT molecular complexity index is 758. The van der Waals surface area contributed by atoms with E-state index in [1.54, 1.807) is 30.3 Å². The summed E-state index contributed by atoms with van der Waals surface area (Å²) in [4.78, 5) is 0.0867. The lowest BCUT2D eigenvalue weighted by atomic mass is 10.2. The zero-order valence-electron chi connectivity index (χ0n) is 11.1. The van der Waals surface area contributed by atoms with Gasteiger partial charge in [-0.15, -0.1) is 0 Å². The maximum absolute atomic E-state index is 12.3. The Morgan fingerprint density at radius 1 is 1.10 bits per heavy atom. The third kappa shape index (κ3) is 3.13. The van der Waals surface area contributed by atoms with Crippen molar-refractivity contribution in [1.82, 2.24) is 0 Å². The van der Waals surface area contributed by atoms with E-state index >= 15 is 0 Å². The van der Waals surface area contributed by atoms with Gasteiger partial charge in [-0.1, -0.05) is 22.0 Å². The zero-order chi connectivity index (χ0) is 14.9. The number of benzene rings is 2. The first-order valence-corrected chi connectivity index (χ1v) is 8.22. The average Bonchev–Trinajstić information content (AvgIpc) is 2.33. The second-order valence-corrected chi connectivity index (χ2v) is 7.12. The van der Waals surface area contributed by atoms with Crippen molar-refractivity contribution in [2.75, 3.05) is 10.5 Å². The number of rotatable bonds is 3. The second kappa shape index (κ2) is 5.46. The highest BCUT2D eigenvalue weighted by atomic mass is 79.9. The molecule has 2 aromatic carbocycles. The molecule has 0 unspecified atom stereocenters. The van der Waals surface area contributed by atoms with Crippen LogP contribution in [0.25, 0.3) is 0 Å². The Morgan fingerprint density at radius 3 is 2.40 bits per heavy atom. The smallest absolute Gasteiger partial charge is 0.263 e. The van der Waals surface area contributed by atoms with Gasteiger partial charge in [-0.2, -0.15) is 0 Å². The Morgan fingerprint density at radius 2 is 1.80 bits per heavy atom. The van der Waals surface area contributed by atoms with E-state index in [4.69, 9.17) is 5.73 Å². The van der Waals surface area contributed by atoms with E-state index in [0.29, 0.717) is 5.69 Å². The quantitative estimate of drug-likeness (QED) is 0.829. The van der Waals surface area contributed by atoms with E-state index in [0.717, 1.165) is 15.6 Å². The van der Waals surface area contributed by atoms with Gasteiger partial charge in [-0.3, -0.25) is 4.72 Å². The maximum Gasteiger partial charge on any atom is 0.263 e. The van der Waals surface area contributed by atoms with Crippen molar-refractivity contribution in [3.05, 3.63) is 52.0 Å². The van der Waals surface area contributed by atoms with Crippen molar-refractivity contribution in [2.24, 2.45) is 0 Å². The van der Waals surface area contributed by atoms with E-state index in [-0.39, 0.29) is 10.6 Å². The SMILES string of the molecule is Cc1ccc(S(=O)(=O)Nc2ccc(Br)c(C)c2)c(N)c1. The predicted molar refractivity (Wildman–Crippen MR) is 85.3 cm³/mol. The molecular formula is C14H15BrN2O2S. The molecule has 3 N–H and O–H groups in total. The normalized spacial score (nSPS) is 11.3. The minimum Gasteiger partial charge on any atom is -0.398 e. The molecule has 0 bridgehead atoms. The molecule has 0 aromatic heterocycles. The molecule has 6 heteroatoms. The van der Waals surface area contributed by atoms with Gasteiger partial charge in [-0.25, -0.2) is 8.42 Å². The number of nitrogens with one attached hydrogen (secondary N) is 1. The van der Waals surface area contributed by atoms with E-state index in [9.17, 15) is 8.42 Å². The van der Waals surface area contributed by atoms with Crippen LogP contribution in [0, 0.1) is 13.8 Å². The lowest BCUT2D eigenvalue weighted by Crippen LogP contribution is -2.15. The molecule has 106 valence electrons. The molecule has 0 fully saturated rings. The van der Waals surface area contributed by atoms with Crippen LogP contribution in [0.5, 0.6) is 0 Å². The third-order valence-corrected chi connectivity index (χ3v) is 5.21. The molecule has 0 aliphatic rings. The summed E-state index contributed by atoms with van der Waals surface area (Å²) in [6, 6.07) is 10.1. The topological polar surface area (TPSA) is 72.2 Å². The van der Waals surface area contributed by atoms with Crippen LogP contribution in [0.4, 0.5) is 11.4 Å². The highest BCUT2D eigenvalue weighted by Gasteiger charge is 2.17. The molecular weight excluding hydrogens is 340 g/mol. The molecule has 0 heterocycles. The van der Waals surface area contributed by atoms with E-state index in [2.05, 4.69) is 20.7 Å². The second-order valence-electron chi connectivity index (χ2n) is 4.61. The molecule has 0 amide bonds. The first-order valence-electron chi connectivity index (χ1n) is 5.95. The predicted octanol–water partition coefficient (Wildman–Crippen LogP) is 3.45. The number of nitrogen functional groups attached to an aromatic ring is 1. The Kier molecular flexibility index (Phi) is 4.06. The molecule has 20 heavy (non-hydrogen) atoms. The fourth-order valence-corrected chi connectivity index (χ4v) is 3.24. The molecule has 2 aromatic rings. The average molecular weight is 355 g/mol. The molecule has 0 aliphatic heterocycles. The van der Waals surface area contributed by atoms with Gasteiger partial charge >= 0.3 is 0 Å². The highest BCUT2D eigenvalue weighted by Crippen LogP contribution is 2.25. The standard InChI is InChI=1S/C14H15BrN2O2S/c1-9-3-6-14(13(16)7-9)20(18,19)17-11-4-5-12(15)10(2)8-11/h3-8,17H,16H2,1-2H3. The van der Waals surface area contributed by atoms with E-state index < -0.39 is 10.0 Å². The minimum absolute atomic E-state index is 0.0867. The fraction of sp³-hybridized carbons (Fsp3) is 0.143. The van der Waals surface area contributed by atoms with Crippen molar-refractivity contribution in [1.29, 1.82) is 0 Å². The van der Waals surface area contributed by atoms with Gasteiger partial charge in [-0.05, 0) is 55.3 Å². The van der Waals surface area contributed by atoms with Crippen molar-refractivity contribution in [2.45, 2.75) is 18.7 Å². The summed E-state index contributed by atoms with van der Waals surface area (Å²) in [5, 5.41) is 0. The molecule has 0 spiro atoms. The van der Waals surface area contributed by atoms with Gasteiger partial charge in [0.1, 0.15) is 4.90 Å². The van der Waals surface area contributed by atoms with Crippen LogP contribution < -0.4 is 10.5 Å². The van der Waals surface area contributed by atoms with Crippen molar-refractivity contribution in [3.63, 3.8) is 0 Å². The number of nitrogens with two attached hydrogens (primary N) is 1. The van der Waals surface area contributed by atoms with Gasteiger partial charge in [0.25, 0.3) is 10.0 Å². The van der Waals surface area contributed by atoms with Gasteiger partial charge < -0.3 is 5.73 Å². The summed E-state index contributed by atoms with van der Waals surface area (Å²) >= 11 is 3.38. The van der Waals surface area contributed by atoms with Crippen LogP contribution in [0.2, 0.25) is 0 Å². The number of aryl methyl sites for hydroxylation is 2. The zero-order valence-corrected chi connectivity index (χ0v) is 13.5. The monoisotopic (exact) mass is 354 g/mol. The third-order valence-electron chi connectivity index (χ3n) is 2.86. The molecule has 0 aliphatic carbocycles. The summed E-state index contributed by atoms with van der Waals surface area (Å²) in [5.41, 5.74) is 8.40. The lowest BCUT2D eigenvalue weighted by Gasteiger charge is -2.11. The highest BCUT2D eigenvalue weighted by molar-refractivity contribution is 9.10. The molecule has 0 saturated carbocycles. The molecule has 4 nitrogen and oxygen atoms in total. The number of hydrogen-bond acceptors (Lipinski definition) is 3. The van der Waals surface area contributed by atoms with Gasteiger partial charge in [0.15, 0.2) is 0 Å². The van der Waals surface area contributed by atoms with E-state index in [1.807, 2.05) is 13.8 Å². The van der Waals surface area contributed by atoms with Crippen molar-refractivity contribution in [3.8, 4) is 0 Å². The summed E-state index contributed by atoms with van der Waals surface area (Å²) in [5.74, 6) is 0. The van der Waals surface area contributed by atoms with Crippen LogP contribution >= 0.6 is 15.9 Å². The number of halogens is 1. The van der Waals surface area contributed by atoms with Crippen LogP contribution in [0.3, 0.4) is 0 Å². The van der Waals surface area contributed by atoms with Crippen LogP contribution in [-0.4, -0.2) is 8.42 Å². The van der Waals surface area contributed by atoms with Crippen LogP contribution in [-0.2, 0) is 10.0 Å². The van der Waals surface area contributed by atoms with E-state index in [1.165, 1.54) is 6.07 Å². The molecule has 0 saturated heterocycles. The number of anilines is 2. The summed E-state index contributed by atoms with van der Waals surface area (Å²) < 4.78 is 28.1. The van der Waals surface area contributed by atoms with Gasteiger partial charge in [0.05, 0.1) is 5.69 Å². The Hall–Kier alpha value is -1.53. The lowest BCUT2D eigenvalue weighted by molar-refractivity contribution is 0.601. The first kappa shape index (κ1) is 14.9. The summed E-state index contributed by atoms with van der Waals surface area (Å²) in [7, 11) is -3.68. The van der Waals surface area contributed by atoms with Crippen molar-refractivity contribution < 1.29 is 8.42 Å². The van der Waals surface area contributed by atoms with Gasteiger partial charge in [0.2, 0.25) is 0 Å². The Labute approximate surface area is 127 Å².